The Hall–Kier alpha value is -4.04. The van der Waals surface area contributed by atoms with Gasteiger partial charge in [-0.05, 0) is 19.4 Å². The Morgan fingerprint density at radius 3 is 2.38 bits per heavy atom. The van der Waals surface area contributed by atoms with Crippen molar-refractivity contribution >= 4 is 17.6 Å². The molecule has 0 saturated carbocycles. The van der Waals surface area contributed by atoms with Crippen molar-refractivity contribution in [2.45, 2.75) is 32.6 Å². The Bertz CT molecular complexity index is 1020. The van der Waals surface area contributed by atoms with Gasteiger partial charge < -0.3 is 15.2 Å². The molecule has 1 heterocycles. The molecule has 0 fully saturated rings. The van der Waals surface area contributed by atoms with Gasteiger partial charge in [0.25, 0.3) is 5.69 Å². The number of unbranched alkanes of at least 4 members (excludes halogenated alkanes) is 1. The average Bonchev–Trinajstić information content (AvgIpc) is 2.66. The molecule has 29 heavy (non-hydrogen) atoms. The van der Waals surface area contributed by atoms with Crippen LogP contribution in [0, 0.1) is 34.5 Å². The Morgan fingerprint density at radius 1 is 1.21 bits per heavy atom. The van der Waals surface area contributed by atoms with E-state index in [1.165, 1.54) is 24.3 Å². The molecule has 1 aliphatic heterocycles. The number of ether oxygens (including phenoxy) is 1. The number of rotatable bonds is 5. The zero-order valence-electron chi connectivity index (χ0n) is 15.8. The quantitative estimate of drug-likeness (QED) is 0.259. The maximum absolute atomic E-state index is 12.7. The number of nitro groups is 1. The highest BCUT2D eigenvalue weighted by molar-refractivity contribution is 5.99. The summed E-state index contributed by atoms with van der Waals surface area (Å²) in [6.45, 7) is 3.19. The predicted molar refractivity (Wildman–Crippen MR) is 104 cm³/mol. The van der Waals surface area contributed by atoms with Gasteiger partial charge in [-0.2, -0.15) is 0 Å². The average molecular weight is 394 g/mol. The highest BCUT2D eigenvalue weighted by Crippen LogP contribution is 2.39. The molecule has 8 nitrogen and oxygen atoms in total. The van der Waals surface area contributed by atoms with E-state index >= 15 is 0 Å². The maximum Gasteiger partial charge on any atom is 0.350 e. The lowest BCUT2D eigenvalue weighted by atomic mass is 9.80. The second kappa shape index (κ2) is 9.25. The molecule has 1 atom stereocenters. The van der Waals surface area contributed by atoms with Crippen molar-refractivity contribution in [3.63, 3.8) is 0 Å². The number of non-ortho nitro benzene ring substituents is 1. The van der Waals surface area contributed by atoms with E-state index in [1.807, 2.05) is 0 Å². The number of carboxylic acid groups (broad SMARTS) is 1. The Morgan fingerprint density at radius 2 is 1.83 bits per heavy atom. The number of nitro benzene ring substituents is 1. The minimum absolute atomic E-state index is 0.0586. The molecule has 0 spiro atoms. The minimum atomic E-state index is -1.23. The molecule has 2 N–H and O–H groups in total. The molecule has 0 bridgehead atoms. The fourth-order valence-corrected chi connectivity index (χ4v) is 2.99. The molecule has 0 aliphatic carbocycles. The molecular formula is C21H18N2O6. The third-order valence-corrected chi connectivity index (χ3v) is 4.26. The van der Waals surface area contributed by atoms with Crippen LogP contribution in [0.1, 0.15) is 38.2 Å². The number of hydrogen-bond acceptors (Lipinski definition) is 6. The van der Waals surface area contributed by atoms with Crippen LogP contribution in [0.15, 0.2) is 46.8 Å². The number of carboxylic acids is 1. The first kappa shape index (κ1) is 21.3. The van der Waals surface area contributed by atoms with Crippen LogP contribution in [0.5, 0.6) is 0 Å². The van der Waals surface area contributed by atoms with Crippen molar-refractivity contribution in [2.24, 2.45) is 0 Å². The summed E-state index contributed by atoms with van der Waals surface area (Å²) in [5, 5.41) is 23.5. The molecule has 0 radical (unpaired) electrons. The zero-order chi connectivity index (χ0) is 21.6. The molecule has 148 valence electrons. The van der Waals surface area contributed by atoms with E-state index in [0.29, 0.717) is 29.8 Å². The van der Waals surface area contributed by atoms with Crippen LogP contribution >= 0.6 is 0 Å². The zero-order valence-corrected chi connectivity index (χ0v) is 15.8. The molecule has 8 heteroatoms. The lowest BCUT2D eigenvalue weighted by molar-refractivity contribution is -0.384. The lowest BCUT2D eigenvalue weighted by Crippen LogP contribution is -2.31. The number of nitrogens with one attached hydrogen (secondary N) is 1. The summed E-state index contributed by atoms with van der Waals surface area (Å²) in [4.78, 5) is 34.9. The van der Waals surface area contributed by atoms with Crippen LogP contribution in [0.4, 0.5) is 5.69 Å². The Labute approximate surface area is 167 Å². The van der Waals surface area contributed by atoms with Crippen LogP contribution in [-0.4, -0.2) is 22.0 Å². The number of esters is 1. The molecule has 1 aromatic rings. The molecule has 0 saturated heterocycles. The summed E-state index contributed by atoms with van der Waals surface area (Å²) >= 11 is 0. The fourth-order valence-electron chi connectivity index (χ4n) is 2.99. The smallest absolute Gasteiger partial charge is 0.350 e. The summed E-state index contributed by atoms with van der Waals surface area (Å²) in [6.07, 6.45) is 8.17. The van der Waals surface area contributed by atoms with Gasteiger partial charge >= 0.3 is 11.9 Å². The summed E-state index contributed by atoms with van der Waals surface area (Å²) in [6, 6.07) is 5.35. The van der Waals surface area contributed by atoms with Crippen LogP contribution in [0.2, 0.25) is 0 Å². The SMILES string of the molecule is C#CCCC#COC(=O)C1=C(C)NC(C)=C(C(=O)O)C1c1ccc([N+](=O)[O-])cc1. The highest BCUT2D eigenvalue weighted by Gasteiger charge is 2.37. The number of allylic oxidation sites excluding steroid dienone is 2. The summed E-state index contributed by atoms with van der Waals surface area (Å²) in [5.74, 6) is 2.00. The van der Waals surface area contributed by atoms with E-state index in [-0.39, 0.29) is 16.8 Å². The van der Waals surface area contributed by atoms with Gasteiger partial charge in [0.05, 0.1) is 22.0 Å². The second-order valence-corrected chi connectivity index (χ2v) is 6.16. The highest BCUT2D eigenvalue weighted by atomic mass is 16.6. The molecular weight excluding hydrogens is 376 g/mol. The van der Waals surface area contributed by atoms with Gasteiger partial charge in [-0.15, -0.1) is 12.3 Å². The van der Waals surface area contributed by atoms with Gasteiger partial charge in [0.1, 0.15) is 6.11 Å². The number of nitrogens with zero attached hydrogens (tertiary/aromatic N) is 1. The van der Waals surface area contributed by atoms with Gasteiger partial charge in [-0.1, -0.05) is 18.1 Å². The van der Waals surface area contributed by atoms with Crippen molar-refractivity contribution < 1.29 is 24.4 Å². The van der Waals surface area contributed by atoms with Crippen LogP contribution < -0.4 is 5.32 Å². The lowest BCUT2D eigenvalue weighted by Gasteiger charge is -2.29. The number of hydrogen-bond donors (Lipinski definition) is 2. The fraction of sp³-hybridized carbons (Fsp3) is 0.238. The van der Waals surface area contributed by atoms with Crippen LogP contribution in [0.3, 0.4) is 0 Å². The number of benzene rings is 1. The topological polar surface area (TPSA) is 119 Å². The number of terminal acetylenes is 1. The molecule has 0 aromatic heterocycles. The van der Waals surface area contributed by atoms with E-state index in [0.717, 1.165) is 0 Å². The van der Waals surface area contributed by atoms with Gasteiger partial charge in [0, 0.05) is 36.4 Å². The van der Waals surface area contributed by atoms with Crippen molar-refractivity contribution in [2.75, 3.05) is 0 Å². The molecule has 1 aliphatic rings. The van der Waals surface area contributed by atoms with Crippen molar-refractivity contribution in [3.8, 4) is 24.4 Å². The monoisotopic (exact) mass is 394 g/mol. The van der Waals surface area contributed by atoms with Gasteiger partial charge in [-0.3, -0.25) is 10.1 Å². The van der Waals surface area contributed by atoms with E-state index < -0.39 is 22.8 Å². The standard InChI is InChI=1S/C21H18N2O6/c1-4-5-6-7-12-29-21(26)18-14(3)22-13(2)17(20(24)25)19(18)15-8-10-16(11-9-15)23(27)28/h1,8-11,19,22H,5-6H2,2-3H3,(H,24,25). The van der Waals surface area contributed by atoms with Gasteiger partial charge in [-0.25, -0.2) is 9.59 Å². The molecule has 1 aromatic carbocycles. The third kappa shape index (κ3) is 4.82. The third-order valence-electron chi connectivity index (χ3n) is 4.26. The maximum atomic E-state index is 12.7. The summed E-state index contributed by atoms with van der Waals surface area (Å²) in [7, 11) is 0. The van der Waals surface area contributed by atoms with Crippen molar-refractivity contribution in [1.29, 1.82) is 0 Å². The number of dihydropyridines is 1. The number of carbonyl (C=O) groups is 2. The van der Waals surface area contributed by atoms with Gasteiger partial charge in [0.2, 0.25) is 0 Å². The normalized spacial score (nSPS) is 15.6. The van der Waals surface area contributed by atoms with E-state index in [4.69, 9.17) is 11.2 Å². The Kier molecular flexibility index (Phi) is 6.78. The number of carbonyl (C=O) groups excluding carboxylic acids is 1. The molecule has 0 amide bonds. The molecule has 2 rings (SSSR count). The van der Waals surface area contributed by atoms with Crippen molar-refractivity contribution in [3.05, 3.63) is 62.5 Å². The van der Waals surface area contributed by atoms with E-state index in [2.05, 4.69) is 23.3 Å². The predicted octanol–water partition coefficient (Wildman–Crippen LogP) is 2.83. The first-order valence-electron chi connectivity index (χ1n) is 8.56. The van der Waals surface area contributed by atoms with Gasteiger partial charge in [0.15, 0.2) is 0 Å². The van der Waals surface area contributed by atoms with E-state index in [9.17, 15) is 24.8 Å². The Balaban J connectivity index is 2.48. The summed E-state index contributed by atoms with van der Waals surface area (Å²) < 4.78 is 4.99. The molecule has 1 unspecified atom stereocenters. The second-order valence-electron chi connectivity index (χ2n) is 6.16. The first-order valence-corrected chi connectivity index (χ1v) is 8.56. The van der Waals surface area contributed by atoms with Crippen LogP contribution in [-0.2, 0) is 14.3 Å². The minimum Gasteiger partial charge on any atom is -0.478 e. The summed E-state index contributed by atoms with van der Waals surface area (Å²) in [5.41, 5.74) is 1.02. The van der Waals surface area contributed by atoms with Crippen molar-refractivity contribution in [1.82, 2.24) is 5.32 Å². The number of aliphatic carboxylic acids is 1. The first-order chi connectivity index (χ1) is 13.8. The van der Waals surface area contributed by atoms with Crippen LogP contribution in [0.25, 0.3) is 0 Å². The largest absolute Gasteiger partial charge is 0.478 e. The van der Waals surface area contributed by atoms with E-state index in [1.54, 1.807) is 13.8 Å².